The highest BCUT2D eigenvalue weighted by Crippen LogP contribution is 2.14. The highest BCUT2D eigenvalue weighted by atomic mass is 15.2. The number of likely N-dealkylation sites (N-methyl/N-ethyl adjacent to an activating group) is 1. The van der Waals surface area contributed by atoms with Crippen molar-refractivity contribution in [3.8, 4) is 0 Å². The molecule has 66 valence electrons. The third-order valence-corrected chi connectivity index (χ3v) is 2.82. The second-order valence-corrected chi connectivity index (χ2v) is 3.86. The van der Waals surface area contributed by atoms with Crippen LogP contribution in [0.5, 0.6) is 0 Å². The monoisotopic (exact) mass is 156 g/mol. The summed E-state index contributed by atoms with van der Waals surface area (Å²) in [7, 11) is 2.22. The summed E-state index contributed by atoms with van der Waals surface area (Å²) >= 11 is 0. The van der Waals surface area contributed by atoms with E-state index in [2.05, 4.69) is 38.0 Å². The van der Waals surface area contributed by atoms with Crippen LogP contribution < -0.4 is 5.32 Å². The van der Waals surface area contributed by atoms with Gasteiger partial charge in [-0.25, -0.2) is 0 Å². The van der Waals surface area contributed by atoms with Crippen molar-refractivity contribution in [2.24, 2.45) is 0 Å². The molecule has 1 N–H and O–H groups in total. The minimum Gasteiger partial charge on any atom is -0.313 e. The molecule has 0 aromatic heterocycles. The molecule has 2 atom stereocenters. The summed E-state index contributed by atoms with van der Waals surface area (Å²) in [6.45, 7) is 7.97. The first-order valence-corrected chi connectivity index (χ1v) is 4.58. The van der Waals surface area contributed by atoms with Crippen molar-refractivity contribution in [2.75, 3.05) is 13.6 Å². The lowest BCUT2D eigenvalue weighted by molar-refractivity contribution is 0.185. The SMILES string of the molecule is CC1NCCC1N(C)C(C)C. The second-order valence-electron chi connectivity index (χ2n) is 3.86. The van der Waals surface area contributed by atoms with Gasteiger partial charge in [-0.1, -0.05) is 0 Å². The zero-order chi connectivity index (χ0) is 8.43. The van der Waals surface area contributed by atoms with Crippen LogP contribution in [0.3, 0.4) is 0 Å². The Kier molecular flexibility index (Phi) is 2.90. The fraction of sp³-hybridized carbons (Fsp3) is 1.00. The van der Waals surface area contributed by atoms with E-state index in [0.717, 1.165) is 6.04 Å². The Morgan fingerprint density at radius 3 is 2.45 bits per heavy atom. The van der Waals surface area contributed by atoms with Gasteiger partial charge < -0.3 is 5.32 Å². The normalized spacial score (nSPS) is 32.2. The molecule has 1 rings (SSSR count). The first-order valence-electron chi connectivity index (χ1n) is 4.58. The fourth-order valence-electron chi connectivity index (χ4n) is 1.78. The fourth-order valence-corrected chi connectivity index (χ4v) is 1.78. The molecule has 1 saturated heterocycles. The molecule has 0 aromatic carbocycles. The van der Waals surface area contributed by atoms with Crippen molar-refractivity contribution in [3.05, 3.63) is 0 Å². The van der Waals surface area contributed by atoms with Gasteiger partial charge in [-0.15, -0.1) is 0 Å². The molecule has 1 aliphatic rings. The van der Waals surface area contributed by atoms with Crippen LogP contribution in [-0.4, -0.2) is 36.6 Å². The molecule has 0 aromatic rings. The topological polar surface area (TPSA) is 15.3 Å². The van der Waals surface area contributed by atoms with Gasteiger partial charge >= 0.3 is 0 Å². The van der Waals surface area contributed by atoms with Crippen molar-refractivity contribution in [1.82, 2.24) is 10.2 Å². The number of nitrogens with one attached hydrogen (secondary N) is 1. The first kappa shape index (κ1) is 9.01. The van der Waals surface area contributed by atoms with Gasteiger partial charge in [-0.05, 0) is 40.8 Å². The van der Waals surface area contributed by atoms with Crippen LogP contribution in [0.2, 0.25) is 0 Å². The van der Waals surface area contributed by atoms with Crippen molar-refractivity contribution >= 4 is 0 Å². The zero-order valence-corrected chi connectivity index (χ0v) is 8.09. The molecule has 2 heteroatoms. The Balaban J connectivity index is 2.45. The predicted octanol–water partition coefficient (Wildman–Crippen LogP) is 1.08. The standard InChI is InChI=1S/C9H20N2/c1-7(2)11(4)9-5-6-10-8(9)3/h7-10H,5-6H2,1-4H3. The lowest BCUT2D eigenvalue weighted by atomic mass is 10.1. The Morgan fingerprint density at radius 2 is 2.09 bits per heavy atom. The summed E-state index contributed by atoms with van der Waals surface area (Å²) in [5.41, 5.74) is 0. The maximum Gasteiger partial charge on any atom is 0.0258 e. The molecule has 0 aliphatic carbocycles. The van der Waals surface area contributed by atoms with E-state index in [1.807, 2.05) is 0 Å². The zero-order valence-electron chi connectivity index (χ0n) is 8.09. The highest BCUT2D eigenvalue weighted by molar-refractivity contribution is 4.87. The van der Waals surface area contributed by atoms with E-state index in [-0.39, 0.29) is 0 Å². The third kappa shape index (κ3) is 1.94. The van der Waals surface area contributed by atoms with Crippen LogP contribution in [0.4, 0.5) is 0 Å². The maximum absolute atomic E-state index is 3.46. The number of rotatable bonds is 2. The van der Waals surface area contributed by atoms with Crippen molar-refractivity contribution < 1.29 is 0 Å². The first-order chi connectivity index (χ1) is 5.13. The molecular weight excluding hydrogens is 136 g/mol. The minimum absolute atomic E-state index is 0.669. The van der Waals surface area contributed by atoms with Crippen molar-refractivity contribution in [3.63, 3.8) is 0 Å². The van der Waals surface area contributed by atoms with Crippen LogP contribution in [0, 0.1) is 0 Å². The van der Waals surface area contributed by atoms with Crippen LogP contribution in [0.15, 0.2) is 0 Å². The van der Waals surface area contributed by atoms with Gasteiger partial charge in [0.25, 0.3) is 0 Å². The Labute approximate surface area is 70.0 Å². The molecular formula is C9H20N2. The Morgan fingerprint density at radius 1 is 1.45 bits per heavy atom. The summed E-state index contributed by atoms with van der Waals surface area (Å²) in [4.78, 5) is 2.46. The largest absolute Gasteiger partial charge is 0.313 e. The molecule has 0 saturated carbocycles. The van der Waals surface area contributed by atoms with Crippen molar-refractivity contribution in [1.29, 1.82) is 0 Å². The van der Waals surface area contributed by atoms with Crippen LogP contribution >= 0.6 is 0 Å². The van der Waals surface area contributed by atoms with Crippen LogP contribution in [0.1, 0.15) is 27.2 Å². The average molecular weight is 156 g/mol. The second kappa shape index (κ2) is 3.55. The molecule has 2 nitrogen and oxygen atoms in total. The predicted molar refractivity (Wildman–Crippen MR) is 48.8 cm³/mol. The van der Waals surface area contributed by atoms with Gasteiger partial charge in [-0.2, -0.15) is 0 Å². The summed E-state index contributed by atoms with van der Waals surface area (Å²) < 4.78 is 0. The van der Waals surface area contributed by atoms with Crippen molar-refractivity contribution in [2.45, 2.75) is 45.3 Å². The molecule has 0 spiro atoms. The summed E-state index contributed by atoms with van der Waals surface area (Å²) in [5.74, 6) is 0. The van der Waals surface area contributed by atoms with E-state index in [0.29, 0.717) is 12.1 Å². The molecule has 1 fully saturated rings. The highest BCUT2D eigenvalue weighted by Gasteiger charge is 2.27. The van der Waals surface area contributed by atoms with Gasteiger partial charge in [-0.3, -0.25) is 4.90 Å². The lowest BCUT2D eigenvalue weighted by Crippen LogP contribution is -2.43. The lowest BCUT2D eigenvalue weighted by Gasteiger charge is -2.30. The Bertz CT molecular complexity index is 123. The van der Waals surface area contributed by atoms with E-state index in [1.165, 1.54) is 13.0 Å². The van der Waals surface area contributed by atoms with Gasteiger partial charge in [0.2, 0.25) is 0 Å². The summed E-state index contributed by atoms with van der Waals surface area (Å²) in [6, 6.07) is 2.08. The van der Waals surface area contributed by atoms with Crippen LogP contribution in [-0.2, 0) is 0 Å². The molecule has 1 aliphatic heterocycles. The molecule has 1 heterocycles. The van der Waals surface area contributed by atoms with E-state index in [4.69, 9.17) is 0 Å². The Hall–Kier alpha value is -0.0800. The number of hydrogen-bond donors (Lipinski definition) is 1. The van der Waals surface area contributed by atoms with Gasteiger partial charge in [0, 0.05) is 18.1 Å². The van der Waals surface area contributed by atoms with E-state index in [9.17, 15) is 0 Å². The summed E-state index contributed by atoms with van der Waals surface area (Å²) in [5, 5.41) is 3.46. The smallest absolute Gasteiger partial charge is 0.0258 e. The number of nitrogens with zero attached hydrogens (tertiary/aromatic N) is 1. The van der Waals surface area contributed by atoms with E-state index in [1.54, 1.807) is 0 Å². The molecule has 0 bridgehead atoms. The molecule has 11 heavy (non-hydrogen) atoms. The minimum atomic E-state index is 0.669. The average Bonchev–Trinajstić information content (AvgIpc) is 2.33. The van der Waals surface area contributed by atoms with E-state index < -0.39 is 0 Å². The van der Waals surface area contributed by atoms with Crippen LogP contribution in [0.25, 0.3) is 0 Å². The summed E-state index contributed by atoms with van der Waals surface area (Å²) in [6.07, 6.45) is 1.30. The quantitative estimate of drug-likeness (QED) is 0.643. The van der Waals surface area contributed by atoms with E-state index >= 15 is 0 Å². The molecule has 0 amide bonds. The van der Waals surface area contributed by atoms with Gasteiger partial charge in [0.1, 0.15) is 0 Å². The maximum atomic E-state index is 3.46. The third-order valence-electron chi connectivity index (χ3n) is 2.82. The molecule has 0 radical (unpaired) electrons. The molecule has 2 unspecified atom stereocenters. The van der Waals surface area contributed by atoms with Gasteiger partial charge in [0.15, 0.2) is 0 Å². The number of hydrogen-bond acceptors (Lipinski definition) is 2. The van der Waals surface area contributed by atoms with Gasteiger partial charge in [0.05, 0.1) is 0 Å².